The van der Waals surface area contributed by atoms with Gasteiger partial charge < -0.3 is 14.8 Å². The zero-order valence-corrected chi connectivity index (χ0v) is 20.9. The second-order valence-corrected chi connectivity index (χ2v) is 9.41. The van der Waals surface area contributed by atoms with Crippen LogP contribution in [0.2, 0.25) is 0 Å². The molecular weight excluding hydrogens is 480 g/mol. The molecule has 6 rings (SSSR count). The molecule has 0 aromatic heterocycles. The van der Waals surface area contributed by atoms with Gasteiger partial charge in [0.2, 0.25) is 11.6 Å². The van der Waals surface area contributed by atoms with Crippen molar-refractivity contribution in [2.24, 2.45) is 15.8 Å². The largest absolute Gasteiger partial charge is 0.489 e. The van der Waals surface area contributed by atoms with Crippen molar-refractivity contribution in [1.29, 1.82) is 0 Å². The maximum Gasteiger partial charge on any atom is 0.265 e. The van der Waals surface area contributed by atoms with Gasteiger partial charge >= 0.3 is 0 Å². The number of nitrogens with zero attached hydrogens (tertiary/aromatic N) is 4. The SMILES string of the molecule is N[N+]12C=CN=CC1=C(C1=CC=C1)N=C2c1cccc(OCc2ccccc2NC(=O)CN2CCOCC2)c1. The van der Waals surface area contributed by atoms with Crippen LogP contribution in [0.15, 0.2) is 106 Å². The van der Waals surface area contributed by atoms with Gasteiger partial charge in [-0.25, -0.2) is 0 Å². The number of quaternary nitrogens is 1. The number of carbonyl (C=O) groups is 1. The lowest BCUT2D eigenvalue weighted by Gasteiger charge is -2.26. The molecule has 1 amide bonds. The van der Waals surface area contributed by atoms with E-state index in [1.807, 2.05) is 73.0 Å². The van der Waals surface area contributed by atoms with Crippen molar-refractivity contribution in [3.05, 3.63) is 107 Å². The zero-order valence-electron chi connectivity index (χ0n) is 20.9. The molecule has 1 unspecified atom stereocenters. The topological polar surface area (TPSA) is 102 Å². The fraction of sp³-hybridized carbons (Fsp3) is 0.207. The summed E-state index contributed by atoms with van der Waals surface area (Å²) in [6, 6.07) is 15.4. The van der Waals surface area contributed by atoms with Gasteiger partial charge in [-0.15, -0.1) is 4.59 Å². The quantitative estimate of drug-likeness (QED) is 0.420. The van der Waals surface area contributed by atoms with Gasteiger partial charge in [0.1, 0.15) is 24.3 Å². The fourth-order valence-electron chi connectivity index (χ4n) is 4.75. The second kappa shape index (κ2) is 10.3. The lowest BCUT2D eigenvalue weighted by Crippen LogP contribution is -2.53. The minimum atomic E-state index is -0.0501. The van der Waals surface area contributed by atoms with E-state index in [1.54, 1.807) is 12.4 Å². The van der Waals surface area contributed by atoms with Crippen LogP contribution in [-0.2, 0) is 16.1 Å². The Bertz CT molecular complexity index is 1450. The van der Waals surface area contributed by atoms with Gasteiger partial charge in [0, 0.05) is 29.9 Å². The van der Waals surface area contributed by atoms with Crippen LogP contribution < -0.4 is 15.9 Å². The number of carbonyl (C=O) groups excluding carboxylic acids is 1. The van der Waals surface area contributed by atoms with E-state index in [9.17, 15) is 4.79 Å². The molecule has 9 nitrogen and oxygen atoms in total. The predicted molar refractivity (Wildman–Crippen MR) is 146 cm³/mol. The Kier molecular flexibility index (Phi) is 6.57. The van der Waals surface area contributed by atoms with E-state index >= 15 is 0 Å². The Morgan fingerprint density at radius 2 is 2.00 bits per heavy atom. The van der Waals surface area contributed by atoms with Crippen LogP contribution in [0.5, 0.6) is 5.75 Å². The highest BCUT2D eigenvalue weighted by molar-refractivity contribution is 6.01. The normalized spacial score (nSPS) is 22.0. The highest BCUT2D eigenvalue weighted by atomic mass is 16.5. The molecule has 192 valence electrons. The predicted octanol–water partition coefficient (Wildman–Crippen LogP) is 3.25. The lowest BCUT2D eigenvalue weighted by molar-refractivity contribution is -0.750. The van der Waals surface area contributed by atoms with Gasteiger partial charge in [-0.1, -0.05) is 42.5 Å². The third-order valence-corrected chi connectivity index (χ3v) is 6.87. The molecule has 4 aliphatic rings. The minimum Gasteiger partial charge on any atom is -0.489 e. The Hall–Kier alpha value is -4.15. The first-order valence-corrected chi connectivity index (χ1v) is 12.6. The smallest absolute Gasteiger partial charge is 0.265 e. The summed E-state index contributed by atoms with van der Waals surface area (Å²) in [5.41, 5.74) is 5.17. The first kappa shape index (κ1) is 24.2. The van der Waals surface area contributed by atoms with Gasteiger partial charge in [0.25, 0.3) is 5.84 Å². The first-order valence-electron chi connectivity index (χ1n) is 12.6. The molecule has 0 radical (unpaired) electrons. The molecule has 2 aromatic carbocycles. The van der Waals surface area contributed by atoms with E-state index in [2.05, 4.69) is 15.2 Å². The minimum absolute atomic E-state index is 0.0498. The number of rotatable bonds is 8. The van der Waals surface area contributed by atoms with Crippen LogP contribution in [0.4, 0.5) is 5.69 Å². The van der Waals surface area contributed by atoms with Crippen molar-refractivity contribution in [2.45, 2.75) is 6.61 Å². The van der Waals surface area contributed by atoms with Crippen LogP contribution in [0.25, 0.3) is 0 Å². The third kappa shape index (κ3) is 4.75. The van der Waals surface area contributed by atoms with Crippen molar-refractivity contribution < 1.29 is 18.9 Å². The highest BCUT2D eigenvalue weighted by Gasteiger charge is 2.44. The van der Waals surface area contributed by atoms with E-state index in [1.165, 1.54) is 0 Å². The van der Waals surface area contributed by atoms with Gasteiger partial charge in [0.05, 0.1) is 37.7 Å². The van der Waals surface area contributed by atoms with Crippen LogP contribution in [-0.4, -0.2) is 60.3 Å². The molecular formula is C29H29N6O3+. The molecule has 2 aromatic rings. The average molecular weight is 510 g/mol. The monoisotopic (exact) mass is 509 g/mol. The summed E-state index contributed by atoms with van der Waals surface area (Å²) in [4.78, 5) is 23.9. The van der Waals surface area contributed by atoms with Gasteiger partial charge in [0.15, 0.2) is 0 Å². The molecule has 1 atom stereocenters. The fourth-order valence-corrected chi connectivity index (χ4v) is 4.75. The number of para-hydroxylation sites is 1. The van der Waals surface area contributed by atoms with Gasteiger partial charge in [-0.05, 0) is 24.3 Å². The van der Waals surface area contributed by atoms with E-state index < -0.39 is 0 Å². The number of aliphatic imine (C=N–C) groups is 2. The van der Waals surface area contributed by atoms with E-state index in [-0.39, 0.29) is 10.5 Å². The van der Waals surface area contributed by atoms with Gasteiger partial charge in [-0.3, -0.25) is 14.7 Å². The summed E-state index contributed by atoms with van der Waals surface area (Å²) in [5.74, 6) is 8.15. The first-order chi connectivity index (χ1) is 18.6. The van der Waals surface area contributed by atoms with Crippen LogP contribution >= 0.6 is 0 Å². The summed E-state index contributed by atoms with van der Waals surface area (Å²) in [5, 5.41) is 3.04. The number of ether oxygens (including phenoxy) is 2. The molecule has 9 heteroatoms. The summed E-state index contributed by atoms with van der Waals surface area (Å²) in [6.45, 7) is 3.48. The second-order valence-electron chi connectivity index (χ2n) is 9.41. The molecule has 0 saturated carbocycles. The number of allylic oxidation sites excluding steroid dienone is 4. The number of benzene rings is 2. The number of hydrogen-bond donors (Lipinski definition) is 2. The van der Waals surface area contributed by atoms with Crippen LogP contribution in [0, 0.1) is 0 Å². The number of nitrogens with two attached hydrogens (primary N) is 1. The standard InChI is InChI=1S/C29H28N6O3/c30-35-14-11-31-18-26(35)28(21-6-3-7-21)33-29(35)22-8-4-9-24(17-22)38-20-23-5-1-2-10-25(23)32-27(36)19-34-12-15-37-16-13-34/h1-11,14,17-18H,12-13,15-16,19-20,30H2/p+1. The molecule has 3 heterocycles. The van der Waals surface area contributed by atoms with Crippen molar-refractivity contribution in [2.75, 3.05) is 38.2 Å². The van der Waals surface area contributed by atoms with Gasteiger partial charge in [-0.2, -0.15) is 10.8 Å². The van der Waals surface area contributed by atoms with E-state index in [0.717, 1.165) is 46.9 Å². The van der Waals surface area contributed by atoms with Crippen LogP contribution in [0.3, 0.4) is 0 Å². The Balaban J connectivity index is 1.16. The molecule has 38 heavy (non-hydrogen) atoms. The van der Waals surface area contributed by atoms with E-state index in [4.69, 9.17) is 20.3 Å². The van der Waals surface area contributed by atoms with Crippen LogP contribution in [0.1, 0.15) is 11.1 Å². The summed E-state index contributed by atoms with van der Waals surface area (Å²) >= 11 is 0. The number of morpholine rings is 1. The number of nitrogens with one attached hydrogen (secondary N) is 1. The number of hydrogen-bond acceptors (Lipinski definition) is 7. The molecule has 3 N–H and O–H groups in total. The average Bonchev–Trinajstić information content (AvgIpc) is 3.20. The molecule has 3 aliphatic heterocycles. The van der Waals surface area contributed by atoms with Crippen molar-refractivity contribution in [3.63, 3.8) is 0 Å². The summed E-state index contributed by atoms with van der Waals surface area (Å²) < 4.78 is 11.5. The third-order valence-electron chi connectivity index (χ3n) is 6.87. The number of amides is 1. The van der Waals surface area contributed by atoms with E-state index in [0.29, 0.717) is 38.0 Å². The molecule has 0 spiro atoms. The molecule has 0 bridgehead atoms. The Labute approximate surface area is 221 Å². The van der Waals surface area contributed by atoms with Crippen molar-refractivity contribution in [1.82, 2.24) is 4.90 Å². The van der Waals surface area contributed by atoms with Crippen molar-refractivity contribution in [3.8, 4) is 5.75 Å². The molecule has 1 aliphatic carbocycles. The molecule has 1 fully saturated rings. The summed E-state index contributed by atoms with van der Waals surface area (Å²) in [6.07, 6.45) is 11.3. The zero-order chi connectivity index (χ0) is 26.0. The highest BCUT2D eigenvalue weighted by Crippen LogP contribution is 2.36. The maximum atomic E-state index is 12.7. The number of fused-ring (bicyclic) bond motifs is 1. The number of amidine groups is 1. The lowest BCUT2D eigenvalue weighted by atomic mass is 10.0. The maximum absolute atomic E-state index is 12.7. The Morgan fingerprint density at radius 1 is 1.16 bits per heavy atom. The number of anilines is 1. The molecule has 1 saturated heterocycles. The van der Waals surface area contributed by atoms with Crippen molar-refractivity contribution >= 4 is 23.6 Å². The Morgan fingerprint density at radius 3 is 2.82 bits per heavy atom. The summed E-state index contributed by atoms with van der Waals surface area (Å²) in [7, 11) is 0.